The Morgan fingerprint density at radius 1 is 1.12 bits per heavy atom. The van der Waals surface area contributed by atoms with Crippen LogP contribution in [-0.4, -0.2) is 28.5 Å². The number of hydrogen-bond acceptors (Lipinski definition) is 6. The van der Waals surface area contributed by atoms with Crippen molar-refractivity contribution < 1.29 is 14.3 Å². The molecule has 26 heavy (non-hydrogen) atoms. The average Bonchev–Trinajstić information content (AvgIpc) is 2.66. The Morgan fingerprint density at radius 3 is 2.65 bits per heavy atom. The van der Waals surface area contributed by atoms with Crippen LogP contribution in [0.4, 0.5) is 5.69 Å². The Kier molecular flexibility index (Phi) is 5.06. The fourth-order valence-corrected chi connectivity index (χ4v) is 2.38. The first-order valence-electron chi connectivity index (χ1n) is 7.44. The van der Waals surface area contributed by atoms with Gasteiger partial charge in [-0.05, 0) is 36.4 Å². The van der Waals surface area contributed by atoms with Crippen molar-refractivity contribution in [1.29, 1.82) is 5.26 Å². The number of carbonyl (C=O) groups excluding carboxylic acids is 2. The van der Waals surface area contributed by atoms with E-state index in [0.29, 0.717) is 16.1 Å². The Balaban J connectivity index is 1.64. The molecule has 1 N–H and O–H groups in total. The van der Waals surface area contributed by atoms with E-state index in [4.69, 9.17) is 21.6 Å². The first kappa shape index (κ1) is 17.3. The van der Waals surface area contributed by atoms with Crippen LogP contribution in [0.25, 0.3) is 11.0 Å². The van der Waals surface area contributed by atoms with Crippen molar-refractivity contribution in [1.82, 2.24) is 9.97 Å². The number of aromatic nitrogens is 2. The van der Waals surface area contributed by atoms with Crippen LogP contribution in [0.15, 0.2) is 48.8 Å². The largest absolute Gasteiger partial charge is 0.452 e. The van der Waals surface area contributed by atoms with Crippen molar-refractivity contribution in [2.75, 3.05) is 11.9 Å². The number of carbonyl (C=O) groups is 2. The van der Waals surface area contributed by atoms with Crippen LogP contribution in [0.2, 0.25) is 5.02 Å². The molecular formula is C18H11ClN4O3. The summed E-state index contributed by atoms with van der Waals surface area (Å²) in [6.07, 6.45) is 3.07. The van der Waals surface area contributed by atoms with Gasteiger partial charge in [-0.25, -0.2) is 4.79 Å². The van der Waals surface area contributed by atoms with E-state index in [1.54, 1.807) is 24.4 Å². The first-order chi connectivity index (χ1) is 12.6. The average molecular weight is 367 g/mol. The number of halogens is 1. The molecule has 7 nitrogen and oxygen atoms in total. The Morgan fingerprint density at radius 2 is 1.88 bits per heavy atom. The number of amides is 1. The molecule has 0 radical (unpaired) electrons. The molecule has 0 spiro atoms. The van der Waals surface area contributed by atoms with E-state index in [9.17, 15) is 9.59 Å². The maximum absolute atomic E-state index is 12.1. The number of esters is 1. The van der Waals surface area contributed by atoms with Gasteiger partial charge in [0, 0.05) is 17.4 Å². The molecule has 3 aromatic rings. The molecule has 1 amide bonds. The van der Waals surface area contributed by atoms with Crippen LogP contribution < -0.4 is 5.32 Å². The normalized spacial score (nSPS) is 10.2. The molecule has 0 bridgehead atoms. The minimum absolute atomic E-state index is 0.252. The Bertz CT molecular complexity index is 1050. The summed E-state index contributed by atoms with van der Waals surface area (Å²) in [5.74, 6) is -1.25. The van der Waals surface area contributed by atoms with Gasteiger partial charge in [0.05, 0.1) is 27.8 Å². The minimum atomic E-state index is -0.667. The Labute approximate surface area is 153 Å². The zero-order valence-electron chi connectivity index (χ0n) is 13.3. The number of nitriles is 1. The van der Waals surface area contributed by atoms with E-state index in [1.165, 1.54) is 24.4 Å². The third-order valence-electron chi connectivity index (χ3n) is 3.42. The zero-order valence-corrected chi connectivity index (χ0v) is 14.0. The van der Waals surface area contributed by atoms with E-state index in [1.807, 2.05) is 6.07 Å². The fourth-order valence-electron chi connectivity index (χ4n) is 2.21. The lowest BCUT2D eigenvalue weighted by Crippen LogP contribution is -2.21. The molecule has 2 aromatic carbocycles. The maximum atomic E-state index is 12.1. The van der Waals surface area contributed by atoms with E-state index in [2.05, 4.69) is 15.3 Å². The predicted molar refractivity (Wildman–Crippen MR) is 94.6 cm³/mol. The second-order valence-electron chi connectivity index (χ2n) is 5.19. The summed E-state index contributed by atoms with van der Waals surface area (Å²) in [7, 11) is 0. The second-order valence-corrected chi connectivity index (χ2v) is 5.62. The van der Waals surface area contributed by atoms with Gasteiger partial charge in [-0.15, -0.1) is 0 Å². The van der Waals surface area contributed by atoms with E-state index < -0.39 is 18.5 Å². The summed E-state index contributed by atoms with van der Waals surface area (Å²) in [4.78, 5) is 32.3. The summed E-state index contributed by atoms with van der Waals surface area (Å²) in [5.41, 5.74) is 1.95. The number of benzene rings is 2. The zero-order chi connectivity index (χ0) is 18.5. The molecule has 0 saturated heterocycles. The summed E-state index contributed by atoms with van der Waals surface area (Å²) < 4.78 is 5.00. The number of rotatable bonds is 4. The number of nitrogens with one attached hydrogen (secondary N) is 1. The lowest BCUT2D eigenvalue weighted by molar-refractivity contribution is -0.119. The van der Waals surface area contributed by atoms with Crippen LogP contribution in [0.1, 0.15) is 15.9 Å². The minimum Gasteiger partial charge on any atom is -0.452 e. The molecule has 3 rings (SSSR count). The second kappa shape index (κ2) is 7.59. The molecule has 0 fully saturated rings. The first-order valence-corrected chi connectivity index (χ1v) is 7.82. The van der Waals surface area contributed by atoms with E-state index >= 15 is 0 Å². The van der Waals surface area contributed by atoms with Crippen LogP contribution >= 0.6 is 11.6 Å². The fraction of sp³-hybridized carbons (Fsp3) is 0.0556. The predicted octanol–water partition coefficient (Wildman–Crippen LogP) is 2.95. The molecular weight excluding hydrogens is 356 g/mol. The van der Waals surface area contributed by atoms with Crippen LogP contribution in [0, 0.1) is 11.3 Å². The summed E-state index contributed by atoms with van der Waals surface area (Å²) >= 11 is 5.86. The number of nitrogens with zero attached hydrogens (tertiary/aromatic N) is 3. The number of anilines is 1. The molecule has 128 valence electrons. The number of ether oxygens (including phenoxy) is 1. The van der Waals surface area contributed by atoms with Gasteiger partial charge in [-0.2, -0.15) is 5.26 Å². The highest BCUT2D eigenvalue weighted by atomic mass is 35.5. The maximum Gasteiger partial charge on any atom is 0.338 e. The lowest BCUT2D eigenvalue weighted by atomic mass is 10.2. The molecule has 0 unspecified atom stereocenters. The van der Waals surface area contributed by atoms with Gasteiger partial charge in [-0.3, -0.25) is 14.8 Å². The standard InChI is InChI=1S/C18H11ClN4O3/c19-13-3-1-12(9-20)15(8-13)23-17(24)10-26-18(25)11-2-4-14-16(7-11)22-6-5-21-14/h1-8H,10H2,(H,23,24). The molecule has 8 heteroatoms. The molecule has 1 heterocycles. The summed E-state index contributed by atoms with van der Waals surface area (Å²) in [6, 6.07) is 11.1. The quantitative estimate of drug-likeness (QED) is 0.712. The number of hydrogen-bond donors (Lipinski definition) is 1. The molecule has 0 saturated carbocycles. The monoisotopic (exact) mass is 366 g/mol. The van der Waals surface area contributed by atoms with Crippen molar-refractivity contribution >= 4 is 40.2 Å². The van der Waals surface area contributed by atoms with Crippen molar-refractivity contribution in [2.45, 2.75) is 0 Å². The third kappa shape index (κ3) is 3.94. The van der Waals surface area contributed by atoms with Crippen molar-refractivity contribution in [2.24, 2.45) is 0 Å². The molecule has 1 aromatic heterocycles. The van der Waals surface area contributed by atoms with Crippen molar-refractivity contribution in [3.8, 4) is 6.07 Å². The molecule has 0 aliphatic carbocycles. The van der Waals surface area contributed by atoms with Gasteiger partial charge in [0.25, 0.3) is 5.91 Å². The van der Waals surface area contributed by atoms with Gasteiger partial charge in [0.15, 0.2) is 6.61 Å². The molecule has 0 aliphatic heterocycles. The van der Waals surface area contributed by atoms with Gasteiger partial charge < -0.3 is 10.1 Å². The van der Waals surface area contributed by atoms with Crippen molar-refractivity contribution in [3.63, 3.8) is 0 Å². The van der Waals surface area contributed by atoms with Crippen molar-refractivity contribution in [3.05, 3.63) is 64.9 Å². The topological polar surface area (TPSA) is 105 Å². The highest BCUT2D eigenvalue weighted by molar-refractivity contribution is 6.31. The Hall–Kier alpha value is -3.50. The molecule has 0 atom stereocenters. The van der Waals surface area contributed by atoms with Gasteiger partial charge in [0.1, 0.15) is 6.07 Å². The van der Waals surface area contributed by atoms with Gasteiger partial charge >= 0.3 is 5.97 Å². The number of fused-ring (bicyclic) bond motifs is 1. The SMILES string of the molecule is N#Cc1ccc(Cl)cc1NC(=O)COC(=O)c1ccc2nccnc2c1. The van der Waals surface area contributed by atoms with E-state index in [0.717, 1.165) is 0 Å². The summed E-state index contributed by atoms with van der Waals surface area (Å²) in [6.45, 7) is -0.505. The van der Waals surface area contributed by atoms with Crippen LogP contribution in [0.3, 0.4) is 0 Å². The van der Waals surface area contributed by atoms with Gasteiger partial charge in [0.2, 0.25) is 0 Å². The third-order valence-corrected chi connectivity index (χ3v) is 3.65. The highest BCUT2D eigenvalue weighted by Gasteiger charge is 2.13. The summed E-state index contributed by atoms with van der Waals surface area (Å²) in [5, 5.41) is 11.9. The van der Waals surface area contributed by atoms with Crippen LogP contribution in [0.5, 0.6) is 0 Å². The smallest absolute Gasteiger partial charge is 0.338 e. The lowest BCUT2D eigenvalue weighted by Gasteiger charge is -2.08. The highest BCUT2D eigenvalue weighted by Crippen LogP contribution is 2.20. The van der Waals surface area contributed by atoms with E-state index in [-0.39, 0.29) is 16.8 Å². The molecule has 0 aliphatic rings. The van der Waals surface area contributed by atoms with Crippen LogP contribution in [-0.2, 0) is 9.53 Å². The van der Waals surface area contributed by atoms with Gasteiger partial charge in [-0.1, -0.05) is 11.6 Å².